The third-order valence-electron chi connectivity index (χ3n) is 8.62. The summed E-state index contributed by atoms with van der Waals surface area (Å²) in [5, 5.41) is 8.40. The average molecular weight is 605 g/mol. The molecule has 2 radical (unpaired) electrons. The lowest BCUT2D eigenvalue weighted by atomic mass is 9.70. The van der Waals surface area contributed by atoms with Gasteiger partial charge >= 0.3 is 24.4 Å². The van der Waals surface area contributed by atoms with Crippen LogP contribution in [0.25, 0.3) is 11.2 Å². The standard InChI is InChI=1S/C28H33F3N7O3S/c1-34-18-32-33-26(34)25(20-5-3-6-20)21-7-4-8-22(14-21)37-17-24-23(28(29,30)31)13-19(16-38(24)27(37)39)15-35-9-11-36(12-10-35)42(2,40)41/h4,7,13-14,16-18,20,25H,3,5-6,8-12,15H2,1-2H3/q+1/t25-/m1/s1. The molecule has 6 rings (SSSR count). The van der Waals surface area contributed by atoms with Gasteiger partial charge in [0.15, 0.2) is 0 Å². The van der Waals surface area contributed by atoms with E-state index in [0.29, 0.717) is 36.7 Å². The highest BCUT2D eigenvalue weighted by atomic mass is 32.2. The third kappa shape index (κ3) is 5.51. The molecule has 2 fully saturated rings. The van der Waals surface area contributed by atoms with Gasteiger partial charge in [0.25, 0.3) is 0 Å². The highest BCUT2D eigenvalue weighted by Gasteiger charge is 2.43. The van der Waals surface area contributed by atoms with Gasteiger partial charge in [0.05, 0.1) is 35.4 Å². The van der Waals surface area contributed by atoms with Crippen molar-refractivity contribution in [3.8, 4) is 0 Å². The zero-order chi connectivity index (χ0) is 29.8. The van der Waals surface area contributed by atoms with Crippen LogP contribution >= 0.6 is 0 Å². The molecule has 4 heterocycles. The SMILES string of the molecule is C[N+]1=CN=N[C]1[C@@H](C1=C[CH]CC(n2cc3c(C(F)(F)F)cc(CN4CCN(S(C)(=O)=O)CC4)cn3c2=O)=C1)C1CCC1. The van der Waals surface area contributed by atoms with Gasteiger partial charge in [0, 0.05) is 50.8 Å². The van der Waals surface area contributed by atoms with E-state index in [0.717, 1.165) is 47.7 Å². The van der Waals surface area contributed by atoms with Crippen LogP contribution in [0, 0.1) is 24.4 Å². The summed E-state index contributed by atoms with van der Waals surface area (Å²) < 4.78 is 72.2. The fraction of sp³-hybridized carbons (Fsp3) is 0.500. The maximum absolute atomic E-state index is 14.3. The topological polar surface area (TPSA) is 94.8 Å². The Morgan fingerprint density at radius 2 is 1.88 bits per heavy atom. The first-order chi connectivity index (χ1) is 19.9. The zero-order valence-corrected chi connectivity index (χ0v) is 24.3. The second kappa shape index (κ2) is 10.9. The first-order valence-electron chi connectivity index (χ1n) is 14.0. The number of hydrogen-bond acceptors (Lipinski definition) is 6. The van der Waals surface area contributed by atoms with E-state index in [1.165, 1.54) is 21.3 Å². The van der Waals surface area contributed by atoms with Crippen LogP contribution in [0.15, 0.2) is 51.2 Å². The molecule has 0 bridgehead atoms. The van der Waals surface area contributed by atoms with E-state index in [1.807, 2.05) is 35.1 Å². The van der Waals surface area contributed by atoms with Crippen molar-refractivity contribution in [1.29, 1.82) is 0 Å². The van der Waals surface area contributed by atoms with Gasteiger partial charge < -0.3 is 0 Å². The molecule has 1 saturated carbocycles. The Hall–Kier alpha value is -3.10. The predicted octanol–water partition coefficient (Wildman–Crippen LogP) is 3.61. The molecule has 1 saturated heterocycles. The van der Waals surface area contributed by atoms with Crippen LogP contribution in [0.4, 0.5) is 13.2 Å². The van der Waals surface area contributed by atoms with Crippen molar-refractivity contribution in [2.75, 3.05) is 39.5 Å². The van der Waals surface area contributed by atoms with Crippen LogP contribution in [-0.2, 0) is 22.7 Å². The molecule has 0 aromatic carbocycles. The fourth-order valence-corrected chi connectivity index (χ4v) is 7.02. The molecule has 1 atom stereocenters. The Kier molecular flexibility index (Phi) is 7.50. The van der Waals surface area contributed by atoms with Crippen LogP contribution in [0.5, 0.6) is 0 Å². The molecule has 2 aliphatic carbocycles. The van der Waals surface area contributed by atoms with Crippen molar-refractivity contribution >= 4 is 27.6 Å². The average Bonchev–Trinajstić information content (AvgIpc) is 3.47. The molecule has 224 valence electrons. The minimum atomic E-state index is -4.67. The number of imidazole rings is 1. The number of piperazine rings is 1. The van der Waals surface area contributed by atoms with Crippen LogP contribution in [0.2, 0.25) is 0 Å². The van der Waals surface area contributed by atoms with Crippen LogP contribution in [0.1, 0.15) is 36.8 Å². The van der Waals surface area contributed by atoms with E-state index in [1.54, 1.807) is 6.34 Å². The number of nitrogens with zero attached hydrogens (tertiary/aromatic N) is 7. The first kappa shape index (κ1) is 29.0. The van der Waals surface area contributed by atoms with Gasteiger partial charge in [0.2, 0.25) is 10.0 Å². The van der Waals surface area contributed by atoms with E-state index >= 15 is 0 Å². The summed E-state index contributed by atoms with van der Waals surface area (Å²) >= 11 is 0. The van der Waals surface area contributed by atoms with E-state index in [9.17, 15) is 26.4 Å². The van der Waals surface area contributed by atoms with Gasteiger partial charge in [-0.15, -0.1) is 0 Å². The second-order valence-electron chi connectivity index (χ2n) is 11.4. The quantitative estimate of drug-likeness (QED) is 0.452. The number of sulfonamides is 1. The maximum atomic E-state index is 14.3. The minimum Gasteiger partial charge on any atom is -0.296 e. The highest BCUT2D eigenvalue weighted by molar-refractivity contribution is 7.88. The Bertz CT molecular complexity index is 1670. The van der Waals surface area contributed by atoms with Crippen molar-refractivity contribution in [3.63, 3.8) is 0 Å². The normalized spacial score (nSPS) is 22.3. The van der Waals surface area contributed by atoms with Gasteiger partial charge in [-0.2, -0.15) is 17.5 Å². The van der Waals surface area contributed by atoms with Gasteiger partial charge in [-0.3, -0.25) is 13.9 Å². The molecular weight excluding hydrogens is 571 g/mol. The molecule has 2 aromatic rings. The zero-order valence-electron chi connectivity index (χ0n) is 23.5. The summed E-state index contributed by atoms with van der Waals surface area (Å²) in [6.45, 7) is 1.46. The number of pyridine rings is 1. The second-order valence-corrected chi connectivity index (χ2v) is 13.4. The maximum Gasteiger partial charge on any atom is 0.418 e. The number of hydrogen-bond donors (Lipinski definition) is 0. The number of aromatic nitrogens is 2. The van der Waals surface area contributed by atoms with E-state index < -0.39 is 27.5 Å². The Balaban J connectivity index is 1.33. The fourth-order valence-electron chi connectivity index (χ4n) is 6.20. The van der Waals surface area contributed by atoms with Crippen molar-refractivity contribution in [1.82, 2.24) is 18.2 Å². The van der Waals surface area contributed by atoms with Crippen molar-refractivity contribution in [2.24, 2.45) is 22.1 Å². The monoisotopic (exact) mass is 604 g/mol. The molecule has 0 N–H and O–H groups in total. The van der Waals surface area contributed by atoms with Gasteiger partial charge in [-0.25, -0.2) is 17.8 Å². The van der Waals surface area contributed by atoms with Gasteiger partial charge in [0.1, 0.15) is 0 Å². The van der Waals surface area contributed by atoms with Crippen LogP contribution in [-0.4, -0.2) is 77.0 Å². The number of azo groups is 1. The van der Waals surface area contributed by atoms with Crippen LogP contribution < -0.4 is 5.69 Å². The molecule has 10 nitrogen and oxygen atoms in total. The number of alkyl halides is 3. The third-order valence-corrected chi connectivity index (χ3v) is 9.92. The molecule has 14 heteroatoms. The van der Waals surface area contributed by atoms with Crippen LogP contribution in [0.3, 0.4) is 0 Å². The van der Waals surface area contributed by atoms with E-state index in [4.69, 9.17) is 0 Å². The Morgan fingerprint density at radius 3 is 2.48 bits per heavy atom. The Morgan fingerprint density at radius 1 is 1.14 bits per heavy atom. The van der Waals surface area contributed by atoms with Crippen molar-refractivity contribution in [2.45, 2.75) is 38.4 Å². The summed E-state index contributed by atoms with van der Waals surface area (Å²) in [7, 11) is -1.43. The van der Waals surface area contributed by atoms with E-state index in [2.05, 4.69) is 10.2 Å². The number of halogens is 3. The lowest BCUT2D eigenvalue weighted by Gasteiger charge is -2.35. The molecule has 0 amide bonds. The number of fused-ring (bicyclic) bond motifs is 1. The van der Waals surface area contributed by atoms with E-state index in [-0.39, 0.29) is 31.1 Å². The molecule has 4 aliphatic rings. The summed E-state index contributed by atoms with van der Waals surface area (Å²) in [4.78, 5) is 15.5. The lowest BCUT2D eigenvalue weighted by molar-refractivity contribution is -0.483. The molecule has 0 unspecified atom stereocenters. The summed E-state index contributed by atoms with van der Waals surface area (Å²) in [6, 6.07) is 1.09. The highest BCUT2D eigenvalue weighted by Crippen LogP contribution is 2.45. The van der Waals surface area contributed by atoms with Crippen molar-refractivity contribution in [3.05, 3.63) is 70.4 Å². The summed E-state index contributed by atoms with van der Waals surface area (Å²) in [5.74, 6) is 0.359. The first-order valence-corrected chi connectivity index (χ1v) is 15.8. The largest absolute Gasteiger partial charge is 0.418 e. The van der Waals surface area contributed by atoms with Gasteiger partial charge in [-0.1, -0.05) is 12.5 Å². The molecule has 2 aromatic heterocycles. The minimum absolute atomic E-state index is 0.0222. The Labute approximate surface area is 242 Å². The molecule has 0 spiro atoms. The molecule has 2 aliphatic heterocycles. The predicted molar refractivity (Wildman–Crippen MR) is 151 cm³/mol. The molecular formula is C28H33F3N7O3S+. The summed E-state index contributed by atoms with van der Waals surface area (Å²) in [6.07, 6.45) is 11.2. The smallest absolute Gasteiger partial charge is 0.296 e. The number of rotatable bonds is 7. The number of allylic oxidation sites excluding steroid dienone is 3. The lowest BCUT2D eigenvalue weighted by Crippen LogP contribution is -2.47. The molecule has 42 heavy (non-hydrogen) atoms. The van der Waals surface area contributed by atoms with Crippen molar-refractivity contribution < 1.29 is 26.2 Å². The summed E-state index contributed by atoms with van der Waals surface area (Å²) in [5.41, 5.74) is 0.231. The van der Waals surface area contributed by atoms with Gasteiger partial charge in [-0.05, 0) is 60.0 Å².